The number of halogens is 1. The first-order valence-electron chi connectivity index (χ1n) is 4.35. The molecule has 0 aromatic carbocycles. The van der Waals surface area contributed by atoms with Crippen molar-refractivity contribution >= 4 is 34.7 Å². The highest BCUT2D eigenvalue weighted by Crippen LogP contribution is 2.37. The van der Waals surface area contributed by atoms with Crippen molar-refractivity contribution in [3.05, 3.63) is 21.3 Å². The van der Waals surface area contributed by atoms with E-state index >= 15 is 0 Å². The third-order valence-electron chi connectivity index (χ3n) is 2.48. The molecule has 2 atom stereocenters. The Bertz CT molecular complexity index is 281. The van der Waals surface area contributed by atoms with E-state index in [4.69, 9.17) is 17.3 Å². The Hall–Kier alpha value is 0.300. The van der Waals surface area contributed by atoms with Crippen LogP contribution in [0.25, 0.3) is 0 Å². The summed E-state index contributed by atoms with van der Waals surface area (Å²) in [6.07, 6.45) is 1.23. The largest absolute Gasteiger partial charge is 0.324 e. The Morgan fingerprint density at radius 3 is 3.00 bits per heavy atom. The highest BCUT2D eigenvalue weighted by Gasteiger charge is 2.25. The molecular weight excluding hydrogens is 222 g/mol. The first kappa shape index (κ1) is 9.84. The number of hydrogen-bond acceptors (Lipinski definition) is 3. The van der Waals surface area contributed by atoms with Crippen molar-refractivity contribution in [2.75, 3.05) is 11.5 Å². The van der Waals surface area contributed by atoms with Gasteiger partial charge in [0, 0.05) is 6.04 Å². The van der Waals surface area contributed by atoms with Gasteiger partial charge in [-0.1, -0.05) is 11.6 Å². The van der Waals surface area contributed by atoms with Crippen LogP contribution in [0.5, 0.6) is 0 Å². The maximum atomic E-state index is 6.15. The Labute approximate surface area is 91.7 Å². The fraction of sp³-hybridized carbons (Fsp3) is 0.556. The number of rotatable bonds is 2. The van der Waals surface area contributed by atoms with Gasteiger partial charge in [-0.25, -0.2) is 0 Å². The third kappa shape index (κ3) is 2.04. The number of thiophene rings is 1. The topological polar surface area (TPSA) is 26.0 Å². The molecule has 4 heteroatoms. The SMILES string of the molecule is NC(c1ccsc1Cl)C1CCSC1. The molecule has 2 heterocycles. The standard InChI is InChI=1S/C9H12ClNS2/c10-9-7(2-4-13-9)8(11)6-1-3-12-5-6/h2,4,6,8H,1,3,5,11H2. The van der Waals surface area contributed by atoms with E-state index in [1.54, 1.807) is 11.3 Å². The van der Waals surface area contributed by atoms with Crippen LogP contribution in [0, 0.1) is 5.92 Å². The summed E-state index contributed by atoms with van der Waals surface area (Å²) in [4.78, 5) is 0. The van der Waals surface area contributed by atoms with E-state index in [1.807, 2.05) is 17.1 Å². The summed E-state index contributed by atoms with van der Waals surface area (Å²) in [6, 6.07) is 2.20. The molecule has 0 bridgehead atoms. The molecule has 2 unspecified atom stereocenters. The lowest BCUT2D eigenvalue weighted by molar-refractivity contribution is 0.483. The lowest BCUT2D eigenvalue weighted by Gasteiger charge is -2.17. The number of hydrogen-bond donors (Lipinski definition) is 1. The molecule has 0 spiro atoms. The van der Waals surface area contributed by atoms with Gasteiger partial charge in [-0.2, -0.15) is 11.8 Å². The Kier molecular flexibility index (Phi) is 3.19. The predicted octanol–water partition coefficient (Wildman–Crippen LogP) is 3.15. The first-order valence-corrected chi connectivity index (χ1v) is 6.76. The maximum Gasteiger partial charge on any atom is 0.0976 e. The molecular formula is C9H12ClNS2. The Morgan fingerprint density at radius 1 is 1.62 bits per heavy atom. The summed E-state index contributed by atoms with van der Waals surface area (Å²) in [5.74, 6) is 3.06. The van der Waals surface area contributed by atoms with Crippen LogP contribution in [0.1, 0.15) is 18.0 Å². The van der Waals surface area contributed by atoms with Crippen molar-refractivity contribution in [3.63, 3.8) is 0 Å². The van der Waals surface area contributed by atoms with Crippen LogP contribution in [0.2, 0.25) is 4.34 Å². The van der Waals surface area contributed by atoms with Crippen LogP contribution >= 0.6 is 34.7 Å². The molecule has 1 fully saturated rings. The first-order chi connectivity index (χ1) is 6.29. The lowest BCUT2D eigenvalue weighted by atomic mass is 9.95. The molecule has 0 saturated carbocycles. The number of thioether (sulfide) groups is 1. The molecule has 1 nitrogen and oxygen atoms in total. The second kappa shape index (κ2) is 4.22. The molecule has 2 N–H and O–H groups in total. The highest BCUT2D eigenvalue weighted by atomic mass is 35.5. The summed E-state index contributed by atoms with van der Waals surface area (Å²) in [7, 11) is 0. The van der Waals surface area contributed by atoms with E-state index in [2.05, 4.69) is 6.07 Å². The van der Waals surface area contributed by atoms with Crippen LogP contribution in [0.15, 0.2) is 11.4 Å². The number of nitrogens with two attached hydrogens (primary N) is 1. The summed E-state index contributed by atoms with van der Waals surface area (Å²) in [5, 5.41) is 2.01. The summed E-state index contributed by atoms with van der Waals surface area (Å²) in [6.45, 7) is 0. The Morgan fingerprint density at radius 2 is 2.46 bits per heavy atom. The third-order valence-corrected chi connectivity index (χ3v) is 4.87. The van der Waals surface area contributed by atoms with E-state index in [0.29, 0.717) is 5.92 Å². The van der Waals surface area contributed by atoms with Gasteiger partial charge in [0.05, 0.1) is 4.34 Å². The second-order valence-electron chi connectivity index (χ2n) is 3.30. The average molecular weight is 234 g/mol. The van der Waals surface area contributed by atoms with E-state index in [1.165, 1.54) is 17.9 Å². The molecule has 1 aliphatic rings. The van der Waals surface area contributed by atoms with Crippen molar-refractivity contribution in [2.45, 2.75) is 12.5 Å². The zero-order valence-corrected chi connectivity index (χ0v) is 9.59. The van der Waals surface area contributed by atoms with Crippen LogP contribution in [0.4, 0.5) is 0 Å². The lowest BCUT2D eigenvalue weighted by Crippen LogP contribution is -2.20. The van der Waals surface area contributed by atoms with Crippen LogP contribution in [0.3, 0.4) is 0 Å². The minimum absolute atomic E-state index is 0.147. The predicted molar refractivity (Wildman–Crippen MR) is 61.7 cm³/mol. The quantitative estimate of drug-likeness (QED) is 0.850. The molecule has 72 valence electrons. The summed E-state index contributed by atoms with van der Waals surface area (Å²) < 4.78 is 0.865. The van der Waals surface area contributed by atoms with Gasteiger partial charge in [0.2, 0.25) is 0 Å². The second-order valence-corrected chi connectivity index (χ2v) is 5.97. The molecule has 0 radical (unpaired) electrons. The molecule has 0 aliphatic carbocycles. The zero-order chi connectivity index (χ0) is 9.26. The smallest absolute Gasteiger partial charge is 0.0976 e. The van der Waals surface area contributed by atoms with Gasteiger partial charge < -0.3 is 5.73 Å². The van der Waals surface area contributed by atoms with Crippen molar-refractivity contribution in [1.82, 2.24) is 0 Å². The Balaban J connectivity index is 2.12. The molecule has 1 saturated heterocycles. The van der Waals surface area contributed by atoms with Crippen LogP contribution in [-0.2, 0) is 0 Å². The molecule has 1 aromatic rings. The van der Waals surface area contributed by atoms with E-state index < -0.39 is 0 Å². The van der Waals surface area contributed by atoms with Crippen molar-refractivity contribution < 1.29 is 0 Å². The van der Waals surface area contributed by atoms with Gasteiger partial charge in [-0.3, -0.25) is 0 Å². The van der Waals surface area contributed by atoms with Crippen LogP contribution < -0.4 is 5.73 Å². The highest BCUT2D eigenvalue weighted by molar-refractivity contribution is 7.99. The van der Waals surface area contributed by atoms with Gasteiger partial charge >= 0.3 is 0 Å². The van der Waals surface area contributed by atoms with Crippen LogP contribution in [-0.4, -0.2) is 11.5 Å². The van der Waals surface area contributed by atoms with Gasteiger partial charge in [0.25, 0.3) is 0 Å². The normalized spacial score (nSPS) is 24.9. The summed E-state index contributed by atoms with van der Waals surface area (Å²) in [5.41, 5.74) is 7.29. The average Bonchev–Trinajstić information content (AvgIpc) is 2.72. The van der Waals surface area contributed by atoms with Gasteiger partial charge in [0.15, 0.2) is 0 Å². The maximum absolute atomic E-state index is 6.15. The monoisotopic (exact) mass is 233 g/mol. The summed E-state index contributed by atoms with van der Waals surface area (Å²) >= 11 is 9.61. The van der Waals surface area contributed by atoms with Crippen molar-refractivity contribution in [1.29, 1.82) is 0 Å². The van der Waals surface area contributed by atoms with Gasteiger partial charge in [-0.05, 0) is 40.9 Å². The molecule has 2 rings (SSSR count). The molecule has 1 aromatic heterocycles. The molecule has 13 heavy (non-hydrogen) atoms. The zero-order valence-electron chi connectivity index (χ0n) is 7.20. The minimum atomic E-state index is 0.147. The fourth-order valence-corrected chi connectivity index (χ4v) is 3.96. The van der Waals surface area contributed by atoms with Crippen molar-refractivity contribution in [3.8, 4) is 0 Å². The van der Waals surface area contributed by atoms with Gasteiger partial charge in [-0.15, -0.1) is 11.3 Å². The van der Waals surface area contributed by atoms with Gasteiger partial charge in [0.1, 0.15) is 0 Å². The van der Waals surface area contributed by atoms with E-state index in [-0.39, 0.29) is 6.04 Å². The van der Waals surface area contributed by atoms with E-state index in [9.17, 15) is 0 Å². The van der Waals surface area contributed by atoms with Crippen molar-refractivity contribution in [2.24, 2.45) is 11.7 Å². The molecule has 1 aliphatic heterocycles. The fourth-order valence-electron chi connectivity index (χ4n) is 1.63. The minimum Gasteiger partial charge on any atom is -0.324 e. The van der Waals surface area contributed by atoms with E-state index in [0.717, 1.165) is 9.90 Å². The molecule has 0 amide bonds.